The van der Waals surface area contributed by atoms with Crippen molar-refractivity contribution < 1.29 is 5.21 Å². The Morgan fingerprint density at radius 1 is 1.21 bits per heavy atom. The van der Waals surface area contributed by atoms with Crippen molar-refractivity contribution in [1.82, 2.24) is 0 Å². The minimum Gasteiger partial charge on any atom is -0.411 e. The van der Waals surface area contributed by atoms with Crippen LogP contribution in [0.15, 0.2) is 40.4 Å². The smallest absolute Gasteiger partial charge is 0.104 e. The van der Waals surface area contributed by atoms with Crippen molar-refractivity contribution >= 4 is 63.6 Å². The molecule has 19 heavy (non-hydrogen) atoms. The van der Waals surface area contributed by atoms with Crippen LogP contribution in [0.5, 0.6) is 0 Å². The molecule has 7 heteroatoms. The number of thiophene rings is 1. The molecule has 0 atom stereocenters. The number of hydrogen-bond donors (Lipinski definition) is 1. The van der Waals surface area contributed by atoms with Gasteiger partial charge in [0, 0.05) is 21.2 Å². The summed E-state index contributed by atoms with van der Waals surface area (Å²) in [4.78, 5) is 1.03. The second kappa shape index (κ2) is 6.86. The van der Waals surface area contributed by atoms with Crippen LogP contribution in [0.4, 0.5) is 0 Å². The molecule has 1 N–H and O–H groups in total. The summed E-state index contributed by atoms with van der Waals surface area (Å²) in [5.74, 6) is 0.491. The summed E-state index contributed by atoms with van der Waals surface area (Å²) in [6.45, 7) is 0. The number of oxime groups is 1. The lowest BCUT2D eigenvalue weighted by atomic mass is 10.2. The minimum atomic E-state index is 0.491. The normalized spacial score (nSPS) is 11.8. The van der Waals surface area contributed by atoms with Gasteiger partial charge in [-0.25, -0.2) is 0 Å². The molecule has 1 heterocycles. The Labute approximate surface area is 134 Å². The zero-order valence-electron chi connectivity index (χ0n) is 9.44. The van der Waals surface area contributed by atoms with Crippen LogP contribution in [0, 0.1) is 0 Å². The number of benzene rings is 1. The van der Waals surface area contributed by atoms with Crippen molar-refractivity contribution in [2.45, 2.75) is 4.90 Å². The van der Waals surface area contributed by atoms with E-state index >= 15 is 0 Å². The fourth-order valence-corrected chi connectivity index (χ4v) is 3.86. The molecular weight excluding hydrogens is 345 g/mol. The molecule has 0 fully saturated rings. The van der Waals surface area contributed by atoms with Crippen LogP contribution in [0.3, 0.4) is 0 Å². The molecule has 0 aliphatic heterocycles. The van der Waals surface area contributed by atoms with Crippen LogP contribution in [0.1, 0.15) is 5.56 Å². The number of nitrogens with zero attached hydrogens (tertiary/aromatic N) is 1. The largest absolute Gasteiger partial charge is 0.411 e. The molecule has 0 amide bonds. The highest BCUT2D eigenvalue weighted by Crippen LogP contribution is 2.33. The first-order valence-corrected chi connectivity index (χ1v) is 8.08. The molecule has 1 aromatic heterocycles. The van der Waals surface area contributed by atoms with Crippen LogP contribution < -0.4 is 0 Å². The Morgan fingerprint density at radius 2 is 1.89 bits per heavy atom. The molecule has 0 bridgehead atoms. The van der Waals surface area contributed by atoms with Gasteiger partial charge in [-0.2, -0.15) is 0 Å². The topological polar surface area (TPSA) is 32.6 Å². The lowest BCUT2D eigenvalue weighted by Crippen LogP contribution is -2.03. The standard InChI is InChI=1S/C12H8Cl3NOS2/c13-7-1-3-8(4-2-7)18-6-10(16-17)9-5-11(14)19-12(9)15/h1-5,17H,6H2/b16-10+. The second-order valence-electron chi connectivity index (χ2n) is 3.53. The summed E-state index contributed by atoms with van der Waals surface area (Å²) >= 11 is 20.5. The van der Waals surface area contributed by atoms with E-state index in [1.54, 1.807) is 6.07 Å². The average Bonchev–Trinajstić information content (AvgIpc) is 2.72. The highest BCUT2D eigenvalue weighted by atomic mass is 35.5. The van der Waals surface area contributed by atoms with Crippen molar-refractivity contribution in [2.75, 3.05) is 5.75 Å². The number of thioether (sulfide) groups is 1. The predicted molar refractivity (Wildman–Crippen MR) is 84.8 cm³/mol. The summed E-state index contributed by atoms with van der Waals surface area (Å²) < 4.78 is 1.09. The predicted octanol–water partition coefficient (Wildman–Crippen LogP) is 5.68. The van der Waals surface area contributed by atoms with Gasteiger partial charge in [-0.05, 0) is 30.3 Å². The van der Waals surface area contributed by atoms with Gasteiger partial charge in [-0.15, -0.1) is 23.1 Å². The van der Waals surface area contributed by atoms with Crippen LogP contribution in [0.2, 0.25) is 13.7 Å². The lowest BCUT2D eigenvalue weighted by Gasteiger charge is -2.03. The summed E-state index contributed by atoms with van der Waals surface area (Å²) in [6.07, 6.45) is 0. The Hall–Kier alpha value is -0.390. The molecule has 0 radical (unpaired) electrons. The summed E-state index contributed by atoms with van der Waals surface area (Å²) in [6, 6.07) is 9.14. The van der Waals surface area contributed by atoms with Crippen molar-refractivity contribution in [1.29, 1.82) is 0 Å². The van der Waals surface area contributed by atoms with Gasteiger partial charge in [-0.1, -0.05) is 40.0 Å². The molecule has 2 nitrogen and oxygen atoms in total. The molecule has 0 aliphatic carbocycles. The van der Waals surface area contributed by atoms with Gasteiger partial charge < -0.3 is 5.21 Å². The summed E-state index contributed by atoms with van der Waals surface area (Å²) in [5.41, 5.74) is 1.16. The Kier molecular flexibility index (Phi) is 5.42. The van der Waals surface area contributed by atoms with E-state index in [1.807, 2.05) is 24.3 Å². The summed E-state index contributed by atoms with van der Waals surface area (Å²) in [5, 5.41) is 13.1. The molecule has 0 saturated heterocycles. The number of halogens is 3. The van der Waals surface area contributed by atoms with Crippen molar-refractivity contribution in [3.05, 3.63) is 49.6 Å². The maximum Gasteiger partial charge on any atom is 0.104 e. The second-order valence-corrected chi connectivity index (χ2v) is 7.30. The van der Waals surface area contributed by atoms with Gasteiger partial charge in [0.05, 0.1) is 10.0 Å². The molecule has 2 aromatic rings. The molecule has 1 aromatic carbocycles. The first kappa shape index (κ1) is 15.0. The zero-order chi connectivity index (χ0) is 13.8. The molecule has 0 unspecified atom stereocenters. The highest BCUT2D eigenvalue weighted by Gasteiger charge is 2.13. The molecule has 100 valence electrons. The van der Waals surface area contributed by atoms with Gasteiger partial charge in [0.25, 0.3) is 0 Å². The lowest BCUT2D eigenvalue weighted by molar-refractivity contribution is 0.319. The van der Waals surface area contributed by atoms with Crippen LogP contribution in [-0.4, -0.2) is 16.7 Å². The van der Waals surface area contributed by atoms with E-state index in [1.165, 1.54) is 23.1 Å². The minimum absolute atomic E-state index is 0.491. The highest BCUT2D eigenvalue weighted by molar-refractivity contribution is 8.00. The van der Waals surface area contributed by atoms with Crippen molar-refractivity contribution in [2.24, 2.45) is 5.16 Å². The molecule has 0 aliphatic rings. The van der Waals surface area contributed by atoms with Gasteiger partial charge >= 0.3 is 0 Å². The Balaban J connectivity index is 2.08. The van der Waals surface area contributed by atoms with E-state index in [9.17, 15) is 0 Å². The van der Waals surface area contributed by atoms with Gasteiger partial charge in [0.1, 0.15) is 4.34 Å². The SMILES string of the molecule is O/N=C(\CSc1ccc(Cl)cc1)c1cc(Cl)sc1Cl. The van der Waals surface area contributed by atoms with E-state index in [0.29, 0.717) is 30.7 Å². The summed E-state index contributed by atoms with van der Waals surface area (Å²) in [7, 11) is 0. The molecule has 0 saturated carbocycles. The van der Waals surface area contributed by atoms with Gasteiger partial charge in [0.15, 0.2) is 0 Å². The maximum atomic E-state index is 9.09. The fourth-order valence-electron chi connectivity index (χ4n) is 1.38. The fraction of sp³-hybridized carbons (Fsp3) is 0.0833. The van der Waals surface area contributed by atoms with E-state index in [-0.39, 0.29) is 0 Å². The zero-order valence-corrected chi connectivity index (χ0v) is 13.3. The van der Waals surface area contributed by atoms with E-state index < -0.39 is 0 Å². The van der Waals surface area contributed by atoms with Gasteiger partial charge in [0.2, 0.25) is 0 Å². The first-order chi connectivity index (χ1) is 9.10. The maximum absolute atomic E-state index is 9.09. The molecule has 0 spiro atoms. The quantitative estimate of drug-likeness (QED) is 0.332. The first-order valence-electron chi connectivity index (χ1n) is 5.14. The van der Waals surface area contributed by atoms with E-state index in [2.05, 4.69) is 5.16 Å². The van der Waals surface area contributed by atoms with Gasteiger partial charge in [-0.3, -0.25) is 0 Å². The Morgan fingerprint density at radius 3 is 2.42 bits per heavy atom. The number of rotatable bonds is 4. The van der Waals surface area contributed by atoms with Crippen LogP contribution in [0.25, 0.3) is 0 Å². The van der Waals surface area contributed by atoms with Crippen LogP contribution >= 0.6 is 57.9 Å². The molecule has 2 rings (SSSR count). The van der Waals surface area contributed by atoms with E-state index in [4.69, 9.17) is 40.0 Å². The third-order valence-electron chi connectivity index (χ3n) is 2.28. The Bertz CT molecular complexity index is 596. The monoisotopic (exact) mass is 351 g/mol. The molecular formula is C12H8Cl3NOS2. The van der Waals surface area contributed by atoms with E-state index in [0.717, 1.165) is 4.90 Å². The van der Waals surface area contributed by atoms with Crippen LogP contribution in [-0.2, 0) is 0 Å². The van der Waals surface area contributed by atoms with Crippen molar-refractivity contribution in [3.63, 3.8) is 0 Å². The third-order valence-corrected chi connectivity index (χ3v) is 5.04. The van der Waals surface area contributed by atoms with Crippen molar-refractivity contribution in [3.8, 4) is 0 Å². The number of hydrogen-bond acceptors (Lipinski definition) is 4. The third kappa shape index (κ3) is 4.04. The average molecular weight is 353 g/mol.